The van der Waals surface area contributed by atoms with Crippen molar-refractivity contribution in [1.82, 2.24) is 10.2 Å². The average Bonchev–Trinajstić information content (AvgIpc) is 2.96. The molecule has 1 aliphatic heterocycles. The van der Waals surface area contributed by atoms with Gasteiger partial charge in [0, 0.05) is 25.0 Å². The molecule has 2 amide bonds. The monoisotopic (exact) mass is 316 g/mol. The lowest BCUT2D eigenvalue weighted by Gasteiger charge is -2.26. The molecule has 0 spiro atoms. The largest absolute Gasteiger partial charge is 0.497 e. The van der Waals surface area contributed by atoms with E-state index in [1.165, 1.54) is 24.8 Å². The third-order valence-electron chi connectivity index (χ3n) is 5.23. The van der Waals surface area contributed by atoms with E-state index >= 15 is 0 Å². The number of benzene rings is 1. The standard InChI is InChI=1S/C19H28N2O2/c1-23-18-11-9-15(10-12-18)16-6-4-5-13-21(14-16)19(22)20-17-7-2-3-8-17/h9-12,16-17H,2-8,13-14H2,1H3,(H,20,22). The van der Waals surface area contributed by atoms with Gasteiger partial charge in [0.25, 0.3) is 0 Å². The lowest BCUT2D eigenvalue weighted by Crippen LogP contribution is -2.45. The molecule has 1 unspecified atom stereocenters. The predicted octanol–water partition coefficient (Wildman–Crippen LogP) is 3.92. The van der Waals surface area contributed by atoms with Gasteiger partial charge in [-0.3, -0.25) is 0 Å². The average molecular weight is 316 g/mol. The molecule has 0 aromatic heterocycles. The number of rotatable bonds is 3. The minimum absolute atomic E-state index is 0.136. The number of carbonyl (C=O) groups excluding carboxylic acids is 1. The van der Waals surface area contributed by atoms with Crippen LogP contribution in [-0.4, -0.2) is 37.2 Å². The Morgan fingerprint density at radius 2 is 1.78 bits per heavy atom. The third kappa shape index (κ3) is 4.18. The molecular weight excluding hydrogens is 288 g/mol. The van der Waals surface area contributed by atoms with Crippen LogP contribution >= 0.6 is 0 Å². The third-order valence-corrected chi connectivity index (χ3v) is 5.23. The van der Waals surface area contributed by atoms with E-state index in [0.717, 1.165) is 44.5 Å². The number of likely N-dealkylation sites (tertiary alicyclic amines) is 1. The fraction of sp³-hybridized carbons (Fsp3) is 0.632. The maximum atomic E-state index is 12.6. The molecule has 1 aromatic carbocycles. The molecule has 23 heavy (non-hydrogen) atoms. The van der Waals surface area contributed by atoms with Crippen molar-refractivity contribution in [2.24, 2.45) is 0 Å². The highest BCUT2D eigenvalue weighted by atomic mass is 16.5. The van der Waals surface area contributed by atoms with E-state index in [1.807, 2.05) is 17.0 Å². The van der Waals surface area contributed by atoms with E-state index in [0.29, 0.717) is 12.0 Å². The first-order chi connectivity index (χ1) is 11.3. The molecule has 1 saturated carbocycles. The first-order valence-electron chi connectivity index (χ1n) is 8.95. The highest BCUT2D eigenvalue weighted by molar-refractivity contribution is 5.74. The van der Waals surface area contributed by atoms with Gasteiger partial charge in [-0.1, -0.05) is 31.4 Å². The molecule has 2 fully saturated rings. The summed E-state index contributed by atoms with van der Waals surface area (Å²) in [7, 11) is 1.69. The first-order valence-corrected chi connectivity index (χ1v) is 8.95. The topological polar surface area (TPSA) is 41.6 Å². The van der Waals surface area contributed by atoms with Gasteiger partial charge < -0.3 is 15.0 Å². The Morgan fingerprint density at radius 1 is 1.09 bits per heavy atom. The summed E-state index contributed by atoms with van der Waals surface area (Å²) in [5.41, 5.74) is 1.31. The summed E-state index contributed by atoms with van der Waals surface area (Å²) in [5, 5.41) is 3.23. The molecule has 1 saturated heterocycles. The van der Waals surface area contributed by atoms with Crippen LogP contribution in [0.25, 0.3) is 0 Å². The maximum Gasteiger partial charge on any atom is 0.317 e. The van der Waals surface area contributed by atoms with Gasteiger partial charge in [0.05, 0.1) is 7.11 Å². The van der Waals surface area contributed by atoms with Crippen LogP contribution in [0, 0.1) is 0 Å². The van der Waals surface area contributed by atoms with Crippen molar-refractivity contribution in [2.75, 3.05) is 20.2 Å². The van der Waals surface area contributed by atoms with E-state index in [9.17, 15) is 4.79 Å². The summed E-state index contributed by atoms with van der Waals surface area (Å²) in [4.78, 5) is 14.6. The van der Waals surface area contributed by atoms with Crippen molar-refractivity contribution in [3.8, 4) is 5.75 Å². The summed E-state index contributed by atoms with van der Waals surface area (Å²) in [5.74, 6) is 1.32. The number of urea groups is 1. The predicted molar refractivity (Wildman–Crippen MR) is 91.9 cm³/mol. The Hall–Kier alpha value is -1.71. The van der Waals surface area contributed by atoms with Gasteiger partial charge in [-0.2, -0.15) is 0 Å². The Morgan fingerprint density at radius 3 is 2.48 bits per heavy atom. The van der Waals surface area contributed by atoms with Crippen LogP contribution in [0.2, 0.25) is 0 Å². The number of carbonyl (C=O) groups is 1. The molecule has 4 heteroatoms. The Bertz CT molecular complexity index is 509. The second-order valence-electron chi connectivity index (χ2n) is 6.84. The molecule has 4 nitrogen and oxygen atoms in total. The fourth-order valence-electron chi connectivity index (χ4n) is 3.81. The number of hydrogen-bond donors (Lipinski definition) is 1. The Labute approximate surface area is 139 Å². The second kappa shape index (κ2) is 7.71. The molecule has 3 rings (SSSR count). The van der Waals surface area contributed by atoms with E-state index in [-0.39, 0.29) is 6.03 Å². The quantitative estimate of drug-likeness (QED) is 0.918. The van der Waals surface area contributed by atoms with Crippen molar-refractivity contribution in [1.29, 1.82) is 0 Å². The van der Waals surface area contributed by atoms with Crippen LogP contribution < -0.4 is 10.1 Å². The number of nitrogens with zero attached hydrogens (tertiary/aromatic N) is 1. The summed E-state index contributed by atoms with van der Waals surface area (Å²) >= 11 is 0. The van der Waals surface area contributed by atoms with Crippen molar-refractivity contribution < 1.29 is 9.53 Å². The van der Waals surface area contributed by atoms with Crippen LogP contribution in [0.5, 0.6) is 5.75 Å². The zero-order chi connectivity index (χ0) is 16.1. The van der Waals surface area contributed by atoms with Gasteiger partial charge in [0.2, 0.25) is 0 Å². The number of hydrogen-bond acceptors (Lipinski definition) is 2. The molecular formula is C19H28N2O2. The van der Waals surface area contributed by atoms with Gasteiger partial charge in [-0.25, -0.2) is 4.79 Å². The molecule has 126 valence electrons. The van der Waals surface area contributed by atoms with Crippen LogP contribution in [-0.2, 0) is 0 Å². The smallest absolute Gasteiger partial charge is 0.317 e. The maximum absolute atomic E-state index is 12.6. The van der Waals surface area contributed by atoms with Gasteiger partial charge in [0.1, 0.15) is 5.75 Å². The van der Waals surface area contributed by atoms with Crippen LogP contribution in [0.3, 0.4) is 0 Å². The minimum Gasteiger partial charge on any atom is -0.497 e. The van der Waals surface area contributed by atoms with Gasteiger partial charge in [-0.05, 0) is 43.4 Å². The normalized spacial score (nSPS) is 22.7. The summed E-state index contributed by atoms with van der Waals surface area (Å²) < 4.78 is 5.24. The minimum atomic E-state index is 0.136. The van der Waals surface area contributed by atoms with E-state index < -0.39 is 0 Å². The molecule has 1 aliphatic carbocycles. The lowest BCUT2D eigenvalue weighted by molar-refractivity contribution is 0.193. The van der Waals surface area contributed by atoms with Crippen molar-refractivity contribution in [2.45, 2.75) is 56.9 Å². The zero-order valence-electron chi connectivity index (χ0n) is 14.1. The van der Waals surface area contributed by atoms with E-state index in [1.54, 1.807) is 7.11 Å². The molecule has 1 N–H and O–H groups in total. The highest BCUT2D eigenvalue weighted by Gasteiger charge is 2.25. The fourth-order valence-corrected chi connectivity index (χ4v) is 3.81. The Balaban J connectivity index is 1.63. The van der Waals surface area contributed by atoms with Crippen LogP contribution in [0.4, 0.5) is 4.79 Å². The van der Waals surface area contributed by atoms with E-state index in [2.05, 4.69) is 17.4 Å². The number of methoxy groups -OCH3 is 1. The van der Waals surface area contributed by atoms with Crippen molar-refractivity contribution in [3.63, 3.8) is 0 Å². The first kappa shape index (κ1) is 16.2. The Kier molecular flexibility index (Phi) is 5.42. The number of amides is 2. The zero-order valence-corrected chi connectivity index (χ0v) is 14.1. The van der Waals surface area contributed by atoms with Crippen molar-refractivity contribution >= 4 is 6.03 Å². The molecule has 1 atom stereocenters. The van der Waals surface area contributed by atoms with E-state index in [4.69, 9.17) is 4.74 Å². The van der Waals surface area contributed by atoms with Gasteiger partial charge >= 0.3 is 6.03 Å². The van der Waals surface area contributed by atoms with Gasteiger partial charge in [-0.15, -0.1) is 0 Å². The molecule has 0 bridgehead atoms. The van der Waals surface area contributed by atoms with Crippen LogP contribution in [0.15, 0.2) is 24.3 Å². The number of ether oxygens (including phenoxy) is 1. The molecule has 2 aliphatic rings. The molecule has 0 radical (unpaired) electrons. The SMILES string of the molecule is COc1ccc(C2CCCCN(C(=O)NC3CCCC3)C2)cc1. The van der Waals surface area contributed by atoms with Gasteiger partial charge in [0.15, 0.2) is 0 Å². The van der Waals surface area contributed by atoms with Crippen LogP contribution in [0.1, 0.15) is 56.4 Å². The number of nitrogens with one attached hydrogen (secondary N) is 1. The second-order valence-corrected chi connectivity index (χ2v) is 6.84. The van der Waals surface area contributed by atoms with Crippen molar-refractivity contribution in [3.05, 3.63) is 29.8 Å². The molecule has 1 heterocycles. The summed E-state index contributed by atoms with van der Waals surface area (Å²) in [6.07, 6.45) is 8.22. The summed E-state index contributed by atoms with van der Waals surface area (Å²) in [6, 6.07) is 8.85. The summed E-state index contributed by atoms with van der Waals surface area (Å²) in [6.45, 7) is 1.70. The highest BCUT2D eigenvalue weighted by Crippen LogP contribution is 2.28. The molecule has 1 aromatic rings. The lowest BCUT2D eigenvalue weighted by atomic mass is 9.94.